The Morgan fingerprint density at radius 1 is 1.06 bits per heavy atom. The van der Waals surface area contributed by atoms with Crippen molar-refractivity contribution in [3.63, 3.8) is 0 Å². The van der Waals surface area contributed by atoms with Gasteiger partial charge in [-0.1, -0.05) is 37.3 Å². The van der Waals surface area contributed by atoms with Crippen LogP contribution in [-0.4, -0.2) is 38.8 Å². The summed E-state index contributed by atoms with van der Waals surface area (Å²) in [5.74, 6) is 1.04. The first-order valence-electron chi connectivity index (χ1n) is 11.7. The number of aromatic amines is 1. The zero-order valence-electron chi connectivity index (χ0n) is 18.9. The molecule has 0 unspecified atom stereocenters. The number of H-pyrrole nitrogens is 1. The van der Waals surface area contributed by atoms with Crippen LogP contribution in [0.5, 0.6) is 0 Å². The molecule has 1 aliphatic rings. The molecule has 33 heavy (non-hydrogen) atoms. The lowest BCUT2D eigenvalue weighted by atomic mass is 9.95. The van der Waals surface area contributed by atoms with E-state index in [0.717, 1.165) is 72.7 Å². The summed E-state index contributed by atoms with van der Waals surface area (Å²) in [4.78, 5) is 27.4. The van der Waals surface area contributed by atoms with Gasteiger partial charge >= 0.3 is 0 Å². The van der Waals surface area contributed by atoms with Crippen molar-refractivity contribution in [2.45, 2.75) is 32.7 Å². The summed E-state index contributed by atoms with van der Waals surface area (Å²) >= 11 is 0. The minimum absolute atomic E-state index is 0.0494. The highest BCUT2D eigenvalue weighted by molar-refractivity contribution is 5.93. The smallest absolute Gasteiger partial charge is 0.227 e. The Morgan fingerprint density at radius 2 is 1.79 bits per heavy atom. The van der Waals surface area contributed by atoms with Crippen molar-refractivity contribution in [1.82, 2.24) is 19.9 Å². The number of amides is 1. The number of para-hydroxylation sites is 1. The van der Waals surface area contributed by atoms with Gasteiger partial charge in [0.25, 0.3) is 0 Å². The van der Waals surface area contributed by atoms with Crippen LogP contribution in [0.3, 0.4) is 0 Å². The van der Waals surface area contributed by atoms with Crippen LogP contribution in [0.1, 0.15) is 31.2 Å². The van der Waals surface area contributed by atoms with Gasteiger partial charge in [-0.25, -0.2) is 9.97 Å². The second-order valence-corrected chi connectivity index (χ2v) is 8.75. The van der Waals surface area contributed by atoms with Gasteiger partial charge in [0.2, 0.25) is 5.91 Å². The van der Waals surface area contributed by atoms with Crippen molar-refractivity contribution in [2.24, 2.45) is 5.92 Å². The number of fused-ring (bicyclic) bond motifs is 1. The van der Waals surface area contributed by atoms with Gasteiger partial charge in [-0.3, -0.25) is 9.69 Å². The van der Waals surface area contributed by atoms with E-state index >= 15 is 0 Å². The average molecular weight is 440 g/mol. The number of carbonyl (C=O) groups excluding carboxylic acids is 1. The Labute approximate surface area is 194 Å². The van der Waals surface area contributed by atoms with Gasteiger partial charge in [0.15, 0.2) is 0 Å². The summed E-state index contributed by atoms with van der Waals surface area (Å²) in [7, 11) is 0. The number of nitrogens with one attached hydrogen (secondary N) is 2. The monoisotopic (exact) mass is 439 g/mol. The number of aromatic nitrogens is 3. The van der Waals surface area contributed by atoms with E-state index in [1.165, 1.54) is 5.39 Å². The third kappa shape index (κ3) is 4.96. The third-order valence-corrected chi connectivity index (χ3v) is 6.43. The summed E-state index contributed by atoms with van der Waals surface area (Å²) in [6.45, 7) is 4.72. The van der Waals surface area contributed by atoms with Gasteiger partial charge in [-0.05, 0) is 55.8 Å². The molecule has 2 N–H and O–H groups in total. The molecular formula is C27H29N5O. The molecule has 0 saturated carbocycles. The molecule has 5 rings (SSSR count). The Hall–Kier alpha value is -3.51. The highest BCUT2D eigenvalue weighted by Crippen LogP contribution is 2.26. The lowest BCUT2D eigenvalue weighted by Crippen LogP contribution is -2.37. The van der Waals surface area contributed by atoms with Gasteiger partial charge in [0, 0.05) is 59.1 Å². The van der Waals surface area contributed by atoms with E-state index in [2.05, 4.69) is 62.4 Å². The fourth-order valence-corrected chi connectivity index (χ4v) is 4.46. The Bertz CT molecular complexity index is 1190. The number of hydrogen-bond donors (Lipinski definition) is 2. The fraction of sp³-hybridized carbons (Fsp3) is 0.296. The molecule has 0 aliphatic carbocycles. The summed E-state index contributed by atoms with van der Waals surface area (Å²) in [5, 5.41) is 4.30. The van der Waals surface area contributed by atoms with Crippen LogP contribution >= 0.6 is 0 Å². The number of carbonyl (C=O) groups is 1. The number of nitrogens with zero attached hydrogens (tertiary/aromatic N) is 3. The second-order valence-electron chi connectivity index (χ2n) is 8.75. The van der Waals surface area contributed by atoms with E-state index in [1.807, 2.05) is 36.7 Å². The molecule has 1 fully saturated rings. The molecule has 6 nitrogen and oxygen atoms in total. The van der Waals surface area contributed by atoms with Gasteiger partial charge in [-0.15, -0.1) is 0 Å². The molecule has 0 atom stereocenters. The minimum atomic E-state index is 0.0494. The second kappa shape index (κ2) is 9.55. The highest BCUT2D eigenvalue weighted by atomic mass is 16.1. The molecule has 168 valence electrons. The lowest BCUT2D eigenvalue weighted by Gasteiger charge is -2.31. The van der Waals surface area contributed by atoms with Gasteiger partial charge in [-0.2, -0.15) is 0 Å². The molecular weight excluding hydrogens is 410 g/mol. The number of anilines is 1. The summed E-state index contributed by atoms with van der Waals surface area (Å²) in [6.07, 6.45) is 6.43. The van der Waals surface area contributed by atoms with Crippen LogP contribution in [-0.2, 0) is 17.8 Å². The standard InChI is InChI=1S/C27H29N5O/c1-2-26-28-16-19(17-29-26)18-32-13-11-21(12-14-32)27(33)30-23-9-7-20(8-10-23)25-15-22-5-3-4-6-24(22)31-25/h3-10,15-17,21,31H,2,11-14,18H2,1H3,(H,30,33). The summed E-state index contributed by atoms with van der Waals surface area (Å²) in [5.41, 5.74) is 5.28. The third-order valence-electron chi connectivity index (χ3n) is 6.43. The topological polar surface area (TPSA) is 73.9 Å². The molecule has 0 bridgehead atoms. The molecule has 1 saturated heterocycles. The van der Waals surface area contributed by atoms with Crippen LogP contribution in [0.25, 0.3) is 22.2 Å². The Morgan fingerprint density at radius 3 is 2.48 bits per heavy atom. The lowest BCUT2D eigenvalue weighted by molar-refractivity contribution is -0.121. The van der Waals surface area contributed by atoms with E-state index in [4.69, 9.17) is 0 Å². The van der Waals surface area contributed by atoms with Crippen LogP contribution in [0, 0.1) is 5.92 Å². The van der Waals surface area contributed by atoms with E-state index in [0.29, 0.717) is 0 Å². The normalized spacial score (nSPS) is 15.1. The molecule has 1 aliphatic heterocycles. The van der Waals surface area contributed by atoms with Crippen LogP contribution < -0.4 is 5.32 Å². The molecule has 0 spiro atoms. The maximum Gasteiger partial charge on any atom is 0.227 e. The van der Waals surface area contributed by atoms with E-state index < -0.39 is 0 Å². The molecule has 3 heterocycles. The zero-order chi connectivity index (χ0) is 22.6. The number of rotatable bonds is 6. The van der Waals surface area contributed by atoms with Crippen LogP contribution in [0.4, 0.5) is 5.69 Å². The Kier molecular flexibility index (Phi) is 6.17. The molecule has 2 aromatic carbocycles. The molecule has 4 aromatic rings. The number of hydrogen-bond acceptors (Lipinski definition) is 4. The van der Waals surface area contributed by atoms with E-state index in [9.17, 15) is 4.79 Å². The predicted molar refractivity (Wildman–Crippen MR) is 132 cm³/mol. The fourth-order valence-electron chi connectivity index (χ4n) is 4.46. The van der Waals surface area contributed by atoms with Gasteiger partial charge < -0.3 is 10.3 Å². The number of likely N-dealkylation sites (tertiary alicyclic amines) is 1. The quantitative estimate of drug-likeness (QED) is 0.442. The average Bonchev–Trinajstić information content (AvgIpc) is 3.30. The molecule has 2 aromatic heterocycles. The van der Waals surface area contributed by atoms with Crippen molar-refractivity contribution in [2.75, 3.05) is 18.4 Å². The van der Waals surface area contributed by atoms with Crippen molar-refractivity contribution in [3.05, 3.63) is 78.4 Å². The SMILES string of the molecule is CCc1ncc(CN2CCC(C(=O)Nc3ccc(-c4cc5ccccc5[nH]4)cc3)CC2)cn1. The highest BCUT2D eigenvalue weighted by Gasteiger charge is 2.25. The first-order chi connectivity index (χ1) is 16.2. The van der Waals surface area contributed by atoms with Crippen molar-refractivity contribution >= 4 is 22.5 Å². The van der Waals surface area contributed by atoms with Crippen LogP contribution in [0.2, 0.25) is 0 Å². The summed E-state index contributed by atoms with van der Waals surface area (Å²) in [6, 6.07) is 18.5. The molecule has 6 heteroatoms. The number of aryl methyl sites for hydroxylation is 1. The van der Waals surface area contributed by atoms with Crippen molar-refractivity contribution < 1.29 is 4.79 Å². The minimum Gasteiger partial charge on any atom is -0.355 e. The van der Waals surface area contributed by atoms with Gasteiger partial charge in [0.1, 0.15) is 5.82 Å². The van der Waals surface area contributed by atoms with Gasteiger partial charge in [0.05, 0.1) is 0 Å². The number of piperidine rings is 1. The van der Waals surface area contributed by atoms with E-state index in [1.54, 1.807) is 0 Å². The zero-order valence-corrected chi connectivity index (χ0v) is 18.9. The van der Waals surface area contributed by atoms with Crippen molar-refractivity contribution in [1.29, 1.82) is 0 Å². The van der Waals surface area contributed by atoms with Crippen molar-refractivity contribution in [3.8, 4) is 11.3 Å². The summed E-state index contributed by atoms with van der Waals surface area (Å²) < 4.78 is 0. The number of benzene rings is 2. The largest absolute Gasteiger partial charge is 0.355 e. The van der Waals surface area contributed by atoms with E-state index in [-0.39, 0.29) is 11.8 Å². The van der Waals surface area contributed by atoms with Crippen LogP contribution in [0.15, 0.2) is 67.0 Å². The maximum atomic E-state index is 12.8. The Balaban J connectivity index is 1.14. The molecule has 1 amide bonds. The first kappa shape index (κ1) is 21.3. The maximum absolute atomic E-state index is 12.8. The predicted octanol–water partition coefficient (Wildman–Crippen LogP) is 5.04. The molecule has 0 radical (unpaired) electrons. The first-order valence-corrected chi connectivity index (χ1v) is 11.7.